The third-order valence-electron chi connectivity index (χ3n) is 4.04. The van der Waals surface area contributed by atoms with Crippen LogP contribution >= 0.6 is 0 Å². The van der Waals surface area contributed by atoms with Crippen LogP contribution in [0.15, 0.2) is 42.5 Å². The van der Waals surface area contributed by atoms with E-state index in [1.54, 1.807) is 6.08 Å². The predicted octanol–water partition coefficient (Wildman–Crippen LogP) is 2.92. The molecule has 130 valence electrons. The molecule has 1 N–H and O–H groups in total. The van der Waals surface area contributed by atoms with Gasteiger partial charge in [-0.25, -0.2) is 4.79 Å². The predicted molar refractivity (Wildman–Crippen MR) is 91.3 cm³/mol. The molecule has 1 unspecified atom stereocenters. The summed E-state index contributed by atoms with van der Waals surface area (Å²) in [5, 5.41) is 2.88. The summed E-state index contributed by atoms with van der Waals surface area (Å²) in [4.78, 5) is 23.5. The Labute approximate surface area is 143 Å². The van der Waals surface area contributed by atoms with Gasteiger partial charge in [0.2, 0.25) is 0 Å². The summed E-state index contributed by atoms with van der Waals surface area (Å²) in [5.74, 6) is -0.535. The minimum atomic E-state index is -0.584. The van der Waals surface area contributed by atoms with Crippen LogP contribution in [0.5, 0.6) is 0 Å². The summed E-state index contributed by atoms with van der Waals surface area (Å²) in [7, 11) is 1.33. The van der Waals surface area contributed by atoms with Gasteiger partial charge in [-0.1, -0.05) is 49.2 Å². The Morgan fingerprint density at radius 2 is 1.96 bits per heavy atom. The van der Waals surface area contributed by atoms with E-state index in [0.717, 1.165) is 31.2 Å². The van der Waals surface area contributed by atoms with Gasteiger partial charge in [-0.05, 0) is 24.8 Å². The molecule has 1 amide bonds. The lowest BCUT2D eigenvalue weighted by Crippen LogP contribution is -2.33. The minimum Gasteiger partial charge on any atom is -0.466 e. The van der Waals surface area contributed by atoms with Crippen molar-refractivity contribution in [3.63, 3.8) is 0 Å². The molecule has 0 aromatic heterocycles. The summed E-state index contributed by atoms with van der Waals surface area (Å²) < 4.78 is 10.6. The Kier molecular flexibility index (Phi) is 7.49. The Morgan fingerprint density at radius 3 is 2.62 bits per heavy atom. The number of hydrogen-bond donors (Lipinski definition) is 1. The summed E-state index contributed by atoms with van der Waals surface area (Å²) in [5.41, 5.74) is 0.868. The molecule has 5 nitrogen and oxygen atoms in total. The van der Waals surface area contributed by atoms with Gasteiger partial charge >= 0.3 is 5.97 Å². The number of methoxy groups -OCH3 is 1. The van der Waals surface area contributed by atoms with Crippen molar-refractivity contribution in [1.82, 2.24) is 5.32 Å². The van der Waals surface area contributed by atoms with Crippen LogP contribution in [0.1, 0.15) is 43.8 Å². The number of rotatable bonds is 8. The average molecular weight is 331 g/mol. The van der Waals surface area contributed by atoms with Crippen LogP contribution in [0.2, 0.25) is 0 Å². The Bertz CT molecular complexity index is 550. The highest BCUT2D eigenvalue weighted by Gasteiger charge is 2.26. The van der Waals surface area contributed by atoms with Crippen molar-refractivity contribution in [2.24, 2.45) is 0 Å². The highest BCUT2D eigenvalue weighted by molar-refractivity contribution is 5.82. The molecule has 1 aromatic rings. The van der Waals surface area contributed by atoms with Gasteiger partial charge < -0.3 is 14.8 Å². The van der Waals surface area contributed by atoms with Crippen LogP contribution in [0.4, 0.5) is 0 Å². The number of benzene rings is 1. The first-order valence-electron chi connectivity index (χ1n) is 8.43. The van der Waals surface area contributed by atoms with Crippen molar-refractivity contribution < 1.29 is 19.1 Å². The summed E-state index contributed by atoms with van der Waals surface area (Å²) in [6.45, 7) is 0.448. The largest absolute Gasteiger partial charge is 0.466 e. The van der Waals surface area contributed by atoms with E-state index < -0.39 is 12.1 Å². The minimum absolute atomic E-state index is 0.139. The summed E-state index contributed by atoms with van der Waals surface area (Å²) in [6, 6.07) is 9.57. The van der Waals surface area contributed by atoms with E-state index >= 15 is 0 Å². The number of carbonyl (C=O) groups is 2. The lowest BCUT2D eigenvalue weighted by Gasteiger charge is -2.22. The number of amides is 1. The monoisotopic (exact) mass is 331 g/mol. The van der Waals surface area contributed by atoms with Crippen LogP contribution in [0, 0.1) is 0 Å². The third kappa shape index (κ3) is 5.81. The van der Waals surface area contributed by atoms with Gasteiger partial charge in [-0.3, -0.25) is 4.79 Å². The van der Waals surface area contributed by atoms with Crippen molar-refractivity contribution in [1.29, 1.82) is 0 Å². The van der Waals surface area contributed by atoms with Crippen LogP contribution in [0.3, 0.4) is 0 Å². The van der Waals surface area contributed by atoms with E-state index in [9.17, 15) is 9.59 Å². The molecular formula is C19H25NO4. The molecule has 1 aliphatic carbocycles. The lowest BCUT2D eigenvalue weighted by molar-refractivity contribution is -0.137. The lowest BCUT2D eigenvalue weighted by atomic mass is 10.1. The smallest absolute Gasteiger partial charge is 0.330 e. The van der Waals surface area contributed by atoms with Crippen LogP contribution in [-0.2, 0) is 19.1 Å². The zero-order valence-corrected chi connectivity index (χ0v) is 14.1. The zero-order valence-electron chi connectivity index (χ0n) is 14.1. The summed E-state index contributed by atoms with van der Waals surface area (Å²) in [6.07, 6.45) is 7.51. The van der Waals surface area contributed by atoms with Crippen molar-refractivity contribution in [2.75, 3.05) is 13.7 Å². The fourth-order valence-electron chi connectivity index (χ4n) is 2.76. The third-order valence-corrected chi connectivity index (χ3v) is 4.04. The average Bonchev–Trinajstić information content (AvgIpc) is 3.13. The molecule has 0 aliphatic heterocycles. The summed E-state index contributed by atoms with van der Waals surface area (Å²) >= 11 is 0. The first kappa shape index (κ1) is 18.2. The Hall–Kier alpha value is -2.14. The molecule has 1 saturated carbocycles. The molecular weight excluding hydrogens is 306 g/mol. The van der Waals surface area contributed by atoms with Gasteiger partial charge in [0.1, 0.15) is 0 Å². The maximum atomic E-state index is 12.5. The van der Waals surface area contributed by atoms with Crippen LogP contribution < -0.4 is 5.32 Å². The fraction of sp³-hybridized carbons (Fsp3) is 0.474. The molecule has 0 saturated heterocycles. The number of ether oxygens (including phenoxy) is 2. The van der Waals surface area contributed by atoms with Crippen molar-refractivity contribution in [3.05, 3.63) is 48.0 Å². The molecule has 1 aliphatic rings. The van der Waals surface area contributed by atoms with E-state index in [0.29, 0.717) is 13.0 Å². The molecule has 1 atom stereocenters. The molecule has 24 heavy (non-hydrogen) atoms. The fourth-order valence-corrected chi connectivity index (χ4v) is 2.76. The van der Waals surface area contributed by atoms with Gasteiger partial charge in [0.05, 0.1) is 13.2 Å². The highest BCUT2D eigenvalue weighted by atomic mass is 16.5. The molecule has 0 bridgehead atoms. The maximum Gasteiger partial charge on any atom is 0.330 e. The number of hydrogen-bond acceptors (Lipinski definition) is 4. The van der Waals surface area contributed by atoms with Crippen molar-refractivity contribution in [2.45, 2.75) is 44.3 Å². The number of esters is 1. The molecule has 5 heteroatoms. The second kappa shape index (κ2) is 9.88. The van der Waals surface area contributed by atoms with Crippen LogP contribution in [0.25, 0.3) is 0 Å². The molecule has 0 spiro atoms. The second-order valence-corrected chi connectivity index (χ2v) is 5.84. The van der Waals surface area contributed by atoms with E-state index in [1.807, 2.05) is 30.3 Å². The Morgan fingerprint density at radius 1 is 1.25 bits per heavy atom. The van der Waals surface area contributed by atoms with E-state index in [1.165, 1.54) is 13.2 Å². The zero-order chi connectivity index (χ0) is 17.2. The topological polar surface area (TPSA) is 64.6 Å². The maximum absolute atomic E-state index is 12.5. The standard InChI is InChI=1S/C19H25NO4/c1-23-17(21)13-7-8-14-20-19(22)18(15-9-3-2-4-10-15)24-16-11-5-6-12-16/h2-4,7,9-10,13,16,18H,5-6,8,11-12,14H2,1H3,(H,20,22)/b13-7+. The number of carbonyl (C=O) groups excluding carboxylic acids is 2. The normalized spacial score (nSPS) is 16.2. The van der Waals surface area contributed by atoms with Crippen LogP contribution in [-0.4, -0.2) is 31.6 Å². The molecule has 2 rings (SSSR count). The van der Waals surface area contributed by atoms with E-state index in [-0.39, 0.29) is 12.0 Å². The molecule has 0 heterocycles. The highest BCUT2D eigenvalue weighted by Crippen LogP contribution is 2.28. The first-order valence-corrected chi connectivity index (χ1v) is 8.43. The van der Waals surface area contributed by atoms with Gasteiger partial charge in [0, 0.05) is 12.6 Å². The molecule has 1 fully saturated rings. The van der Waals surface area contributed by atoms with E-state index in [2.05, 4.69) is 10.1 Å². The number of nitrogens with one attached hydrogen (secondary N) is 1. The van der Waals surface area contributed by atoms with Gasteiger partial charge in [0.25, 0.3) is 5.91 Å². The van der Waals surface area contributed by atoms with Gasteiger partial charge in [0.15, 0.2) is 6.10 Å². The van der Waals surface area contributed by atoms with Gasteiger partial charge in [-0.15, -0.1) is 0 Å². The Balaban J connectivity index is 1.89. The van der Waals surface area contributed by atoms with Crippen molar-refractivity contribution >= 4 is 11.9 Å². The van der Waals surface area contributed by atoms with Gasteiger partial charge in [-0.2, -0.15) is 0 Å². The first-order chi connectivity index (χ1) is 11.7. The quantitative estimate of drug-likeness (QED) is 0.452. The van der Waals surface area contributed by atoms with Crippen molar-refractivity contribution in [3.8, 4) is 0 Å². The molecule has 1 aromatic carbocycles. The SMILES string of the molecule is COC(=O)/C=C/CCNC(=O)C(OC1CCCC1)c1ccccc1. The van der Waals surface area contributed by atoms with E-state index in [4.69, 9.17) is 4.74 Å². The second-order valence-electron chi connectivity index (χ2n) is 5.84. The molecule has 0 radical (unpaired) electrons.